The molecule has 0 radical (unpaired) electrons. The van der Waals surface area contributed by atoms with Crippen molar-refractivity contribution in [3.63, 3.8) is 0 Å². The molecular formula is C31H38ClN3O4S. The Morgan fingerprint density at radius 3 is 1.93 bits per heavy atom. The number of amides is 2. The zero-order chi connectivity index (χ0) is 29.4. The zero-order valence-corrected chi connectivity index (χ0v) is 25.3. The van der Waals surface area contributed by atoms with E-state index in [1.54, 1.807) is 36.4 Å². The highest BCUT2D eigenvalue weighted by atomic mass is 35.5. The highest BCUT2D eigenvalue weighted by Gasteiger charge is 2.34. The fraction of sp³-hybridized carbons (Fsp3) is 0.355. The van der Waals surface area contributed by atoms with Crippen molar-refractivity contribution < 1.29 is 18.0 Å². The Morgan fingerprint density at radius 2 is 1.40 bits per heavy atom. The summed E-state index contributed by atoms with van der Waals surface area (Å²) in [4.78, 5) is 28.9. The van der Waals surface area contributed by atoms with E-state index < -0.39 is 28.5 Å². The molecule has 214 valence electrons. The molecule has 2 amide bonds. The number of anilines is 1. The first kappa shape index (κ1) is 31.2. The van der Waals surface area contributed by atoms with Crippen LogP contribution in [0.5, 0.6) is 0 Å². The average Bonchev–Trinajstić information content (AvgIpc) is 2.93. The summed E-state index contributed by atoms with van der Waals surface area (Å²) in [5.74, 6) is -0.755. The molecule has 0 heterocycles. The van der Waals surface area contributed by atoms with E-state index in [9.17, 15) is 18.0 Å². The van der Waals surface area contributed by atoms with Crippen LogP contribution in [0, 0.1) is 13.8 Å². The third-order valence-corrected chi connectivity index (χ3v) is 8.90. The van der Waals surface area contributed by atoms with E-state index in [0.29, 0.717) is 17.1 Å². The summed E-state index contributed by atoms with van der Waals surface area (Å²) in [6.07, 6.45) is 1.11. The van der Waals surface area contributed by atoms with Gasteiger partial charge in [-0.05, 0) is 75.6 Å². The molecule has 3 rings (SSSR count). The lowest BCUT2D eigenvalue weighted by Gasteiger charge is -2.33. The number of rotatable bonds is 12. The van der Waals surface area contributed by atoms with Gasteiger partial charge >= 0.3 is 0 Å². The van der Waals surface area contributed by atoms with E-state index in [-0.39, 0.29) is 23.4 Å². The Labute approximate surface area is 243 Å². The summed E-state index contributed by atoms with van der Waals surface area (Å²) in [5, 5.41) is 3.43. The molecule has 2 unspecified atom stereocenters. The van der Waals surface area contributed by atoms with Crippen molar-refractivity contribution in [1.82, 2.24) is 10.2 Å². The molecule has 0 aromatic heterocycles. The fourth-order valence-electron chi connectivity index (χ4n) is 4.22. The van der Waals surface area contributed by atoms with Gasteiger partial charge in [-0.2, -0.15) is 0 Å². The summed E-state index contributed by atoms with van der Waals surface area (Å²) in [7, 11) is -4.12. The van der Waals surface area contributed by atoms with Gasteiger partial charge in [-0.3, -0.25) is 13.9 Å². The van der Waals surface area contributed by atoms with Gasteiger partial charge in [-0.15, -0.1) is 0 Å². The van der Waals surface area contributed by atoms with E-state index >= 15 is 0 Å². The number of carbonyl (C=O) groups excluding carboxylic acids is 2. The molecule has 3 aromatic rings. The Bertz CT molecular complexity index is 1390. The van der Waals surface area contributed by atoms with Crippen molar-refractivity contribution in [2.45, 2.75) is 71.0 Å². The standard InChI is InChI=1S/C31H38ClN3O4S/c1-6-24(5)33-31(37)29(7-2)34(20-25-12-8-22(3)9-13-25)30(36)21-35(27-16-14-26(32)15-17-27)40(38,39)28-18-10-23(4)11-19-28/h8-19,24,29H,6-7,20-21H2,1-5H3,(H,33,37). The van der Waals surface area contributed by atoms with Gasteiger partial charge < -0.3 is 10.2 Å². The second kappa shape index (κ2) is 13.8. The van der Waals surface area contributed by atoms with Gasteiger partial charge in [0.25, 0.3) is 10.0 Å². The number of carbonyl (C=O) groups is 2. The zero-order valence-electron chi connectivity index (χ0n) is 23.7. The first-order chi connectivity index (χ1) is 19.0. The van der Waals surface area contributed by atoms with Crippen LogP contribution in [0.15, 0.2) is 77.7 Å². The van der Waals surface area contributed by atoms with Gasteiger partial charge in [-0.25, -0.2) is 8.42 Å². The number of nitrogens with one attached hydrogen (secondary N) is 1. The summed E-state index contributed by atoms with van der Waals surface area (Å²) < 4.78 is 28.8. The molecule has 1 N–H and O–H groups in total. The maximum absolute atomic E-state index is 14.1. The van der Waals surface area contributed by atoms with E-state index in [1.807, 2.05) is 58.9 Å². The number of hydrogen-bond acceptors (Lipinski definition) is 4. The third-order valence-electron chi connectivity index (χ3n) is 6.86. The van der Waals surface area contributed by atoms with Gasteiger partial charge in [0.15, 0.2) is 0 Å². The van der Waals surface area contributed by atoms with Crippen molar-refractivity contribution in [3.05, 3.63) is 94.5 Å². The molecule has 0 saturated carbocycles. The number of halogens is 1. The molecule has 0 aliphatic heterocycles. The Kier molecular flexibility index (Phi) is 10.8. The van der Waals surface area contributed by atoms with E-state index in [1.165, 1.54) is 17.0 Å². The largest absolute Gasteiger partial charge is 0.352 e. The number of hydrogen-bond donors (Lipinski definition) is 1. The van der Waals surface area contributed by atoms with Gasteiger partial charge in [0, 0.05) is 17.6 Å². The normalized spacial score (nSPS) is 12.8. The van der Waals surface area contributed by atoms with Gasteiger partial charge in [-0.1, -0.05) is 73.0 Å². The van der Waals surface area contributed by atoms with Crippen LogP contribution in [0.4, 0.5) is 5.69 Å². The predicted octanol–water partition coefficient (Wildman–Crippen LogP) is 5.87. The van der Waals surface area contributed by atoms with Crippen LogP contribution in [0.2, 0.25) is 5.02 Å². The average molecular weight is 584 g/mol. The van der Waals surface area contributed by atoms with Crippen LogP contribution < -0.4 is 9.62 Å². The number of sulfonamides is 1. The Balaban J connectivity index is 2.04. The first-order valence-electron chi connectivity index (χ1n) is 13.5. The highest BCUT2D eigenvalue weighted by molar-refractivity contribution is 7.92. The molecule has 0 aliphatic carbocycles. The summed E-state index contributed by atoms with van der Waals surface area (Å²) >= 11 is 6.08. The minimum atomic E-state index is -4.12. The van der Waals surface area contributed by atoms with Gasteiger partial charge in [0.05, 0.1) is 10.6 Å². The van der Waals surface area contributed by atoms with E-state index in [4.69, 9.17) is 11.6 Å². The second-order valence-corrected chi connectivity index (χ2v) is 12.3. The smallest absolute Gasteiger partial charge is 0.264 e. The van der Waals surface area contributed by atoms with Crippen LogP contribution >= 0.6 is 11.6 Å². The van der Waals surface area contributed by atoms with Crippen LogP contribution in [0.1, 0.15) is 50.3 Å². The minimum Gasteiger partial charge on any atom is -0.352 e. The number of aryl methyl sites for hydroxylation is 2. The molecule has 0 fully saturated rings. The second-order valence-electron chi connectivity index (χ2n) is 10.1. The summed E-state index contributed by atoms with van der Waals surface area (Å²) in [6.45, 7) is 9.24. The third kappa shape index (κ3) is 7.86. The van der Waals surface area contributed by atoms with Crippen LogP contribution in [0.3, 0.4) is 0 Å². The lowest BCUT2D eigenvalue weighted by atomic mass is 10.1. The number of benzene rings is 3. The molecule has 3 aromatic carbocycles. The lowest BCUT2D eigenvalue weighted by Crippen LogP contribution is -2.53. The van der Waals surface area contributed by atoms with Crippen LogP contribution in [0.25, 0.3) is 0 Å². The topological polar surface area (TPSA) is 86.8 Å². The van der Waals surface area contributed by atoms with Crippen molar-refractivity contribution in [1.29, 1.82) is 0 Å². The Morgan fingerprint density at radius 1 is 0.850 bits per heavy atom. The first-order valence-corrected chi connectivity index (χ1v) is 15.3. The summed E-state index contributed by atoms with van der Waals surface area (Å²) in [6, 6.07) is 19.6. The van der Waals surface area contributed by atoms with Crippen molar-refractivity contribution in [2.75, 3.05) is 10.8 Å². The molecule has 9 heteroatoms. The molecule has 7 nitrogen and oxygen atoms in total. The quantitative estimate of drug-likeness (QED) is 0.289. The van der Waals surface area contributed by atoms with E-state index in [0.717, 1.165) is 27.4 Å². The maximum Gasteiger partial charge on any atom is 0.264 e. The predicted molar refractivity (Wildman–Crippen MR) is 161 cm³/mol. The SMILES string of the molecule is CCC(C)NC(=O)C(CC)N(Cc1ccc(C)cc1)C(=O)CN(c1ccc(Cl)cc1)S(=O)(=O)c1ccc(C)cc1. The summed E-state index contributed by atoms with van der Waals surface area (Å²) in [5.41, 5.74) is 3.12. The van der Waals surface area contributed by atoms with Crippen molar-refractivity contribution >= 4 is 39.1 Å². The van der Waals surface area contributed by atoms with Crippen molar-refractivity contribution in [2.24, 2.45) is 0 Å². The van der Waals surface area contributed by atoms with Gasteiger partial charge in [0.2, 0.25) is 11.8 Å². The van der Waals surface area contributed by atoms with Crippen LogP contribution in [-0.4, -0.2) is 43.8 Å². The molecule has 40 heavy (non-hydrogen) atoms. The fourth-order valence-corrected chi connectivity index (χ4v) is 5.76. The molecule has 0 spiro atoms. The minimum absolute atomic E-state index is 0.0625. The molecule has 0 saturated heterocycles. The molecular weight excluding hydrogens is 546 g/mol. The lowest BCUT2D eigenvalue weighted by molar-refractivity contribution is -0.140. The van der Waals surface area contributed by atoms with Crippen LogP contribution in [-0.2, 0) is 26.2 Å². The molecule has 0 aliphatic rings. The maximum atomic E-state index is 14.1. The highest BCUT2D eigenvalue weighted by Crippen LogP contribution is 2.26. The molecule has 0 bridgehead atoms. The Hall–Kier alpha value is -3.36. The van der Waals surface area contributed by atoms with Crippen molar-refractivity contribution in [3.8, 4) is 0 Å². The van der Waals surface area contributed by atoms with Gasteiger partial charge in [0.1, 0.15) is 12.6 Å². The molecule has 2 atom stereocenters. The monoisotopic (exact) mass is 583 g/mol. The van der Waals surface area contributed by atoms with E-state index in [2.05, 4.69) is 5.32 Å². The number of nitrogens with zero attached hydrogens (tertiary/aromatic N) is 2.